The summed E-state index contributed by atoms with van der Waals surface area (Å²) in [5.41, 5.74) is 5.63. The van der Waals surface area contributed by atoms with Crippen molar-refractivity contribution in [3.8, 4) is 5.69 Å². The largest absolute Gasteiger partial charge is 0.324 e. The fourth-order valence-electron chi connectivity index (χ4n) is 5.35. The molecule has 0 saturated carbocycles. The molecule has 216 valence electrons. The molecule has 12 nitrogen and oxygen atoms in total. The van der Waals surface area contributed by atoms with E-state index < -0.39 is 6.04 Å². The van der Waals surface area contributed by atoms with Crippen molar-refractivity contribution in [3.05, 3.63) is 95.3 Å². The van der Waals surface area contributed by atoms with E-state index in [1.165, 1.54) is 19.3 Å². The quantitative estimate of drug-likeness (QED) is 0.250. The molecule has 1 aliphatic rings. The van der Waals surface area contributed by atoms with E-state index in [1.807, 2.05) is 42.5 Å². The minimum atomic E-state index is -0.849. The molecule has 0 bridgehead atoms. The number of tetrazole rings is 1. The molecule has 0 saturated heterocycles. The van der Waals surface area contributed by atoms with Crippen LogP contribution in [0.5, 0.6) is 0 Å². The van der Waals surface area contributed by atoms with Crippen LogP contribution >= 0.6 is 0 Å². The molecule has 3 aromatic carbocycles. The van der Waals surface area contributed by atoms with Crippen molar-refractivity contribution in [1.29, 1.82) is 0 Å². The molecule has 2 aromatic heterocycles. The number of nitrogens with one attached hydrogen (secondary N) is 3. The molecule has 3 heterocycles. The van der Waals surface area contributed by atoms with Crippen LogP contribution in [0, 0.1) is 0 Å². The zero-order valence-corrected chi connectivity index (χ0v) is 23.6. The maximum absolute atomic E-state index is 13.9. The summed E-state index contributed by atoms with van der Waals surface area (Å²) in [7, 11) is 0. The molecule has 1 aliphatic heterocycles. The molecular formula is C31H29N9O3. The molecule has 3 N–H and O–H groups in total. The number of carbonyl (C=O) groups is 3. The summed E-state index contributed by atoms with van der Waals surface area (Å²) < 4.78 is 1.55. The van der Waals surface area contributed by atoms with Gasteiger partial charge in [0.15, 0.2) is 5.82 Å². The molecule has 43 heavy (non-hydrogen) atoms. The van der Waals surface area contributed by atoms with Crippen LogP contribution in [0.4, 0.5) is 11.5 Å². The first-order chi connectivity index (χ1) is 20.9. The average Bonchev–Trinajstić information content (AvgIpc) is 3.69. The Morgan fingerprint density at radius 2 is 1.93 bits per heavy atom. The lowest BCUT2D eigenvalue weighted by Crippen LogP contribution is -2.44. The minimum Gasteiger partial charge on any atom is -0.324 e. The van der Waals surface area contributed by atoms with Gasteiger partial charge < -0.3 is 15.5 Å². The lowest BCUT2D eigenvalue weighted by atomic mass is 9.91. The first kappa shape index (κ1) is 27.5. The molecule has 5 aromatic rings. The van der Waals surface area contributed by atoms with Gasteiger partial charge in [-0.05, 0) is 76.4 Å². The lowest BCUT2D eigenvalue weighted by Gasteiger charge is -2.35. The van der Waals surface area contributed by atoms with Crippen LogP contribution < -0.4 is 10.6 Å². The van der Waals surface area contributed by atoms with Crippen LogP contribution in [0.3, 0.4) is 0 Å². The Kier molecular flexibility index (Phi) is 7.48. The molecular weight excluding hydrogens is 546 g/mol. The normalized spacial score (nSPS) is 14.6. The molecule has 12 heteroatoms. The second-order valence-corrected chi connectivity index (χ2v) is 10.2. The Bertz CT molecular complexity index is 1860. The highest BCUT2D eigenvalue weighted by molar-refractivity contribution is 6.04. The lowest BCUT2D eigenvalue weighted by molar-refractivity contribution is -0.135. The third-order valence-corrected chi connectivity index (χ3v) is 7.44. The van der Waals surface area contributed by atoms with E-state index in [1.54, 1.807) is 33.9 Å². The van der Waals surface area contributed by atoms with E-state index in [2.05, 4.69) is 43.3 Å². The maximum atomic E-state index is 13.9. The first-order valence-corrected chi connectivity index (χ1v) is 13.9. The number of aryl methyl sites for hydroxylation is 1. The molecule has 6 rings (SSSR count). The van der Waals surface area contributed by atoms with Crippen molar-refractivity contribution in [2.45, 2.75) is 32.7 Å². The number of aromatic amines is 1. The van der Waals surface area contributed by atoms with E-state index in [0.29, 0.717) is 35.4 Å². The molecule has 1 atom stereocenters. The summed E-state index contributed by atoms with van der Waals surface area (Å²) >= 11 is 0. The predicted molar refractivity (Wildman–Crippen MR) is 161 cm³/mol. The van der Waals surface area contributed by atoms with Crippen LogP contribution in [-0.2, 0) is 27.2 Å². The highest BCUT2D eigenvalue weighted by Gasteiger charge is 2.35. The first-order valence-electron chi connectivity index (χ1n) is 13.9. The van der Waals surface area contributed by atoms with Gasteiger partial charge in [-0.1, -0.05) is 37.3 Å². The molecule has 3 amide bonds. The maximum Gasteiger partial charge on any atom is 0.251 e. The SMILES string of the molecule is CCc1ccc(-n2cnnn2)c(/C=C/C(=O)N2CCc3ccccc3[C@H]2C(=O)Nc2ccc3[nH]nc(NC(C)=O)c3c2)c1. The summed E-state index contributed by atoms with van der Waals surface area (Å²) in [6, 6.07) is 18.0. The van der Waals surface area contributed by atoms with E-state index >= 15 is 0 Å². The van der Waals surface area contributed by atoms with Crippen molar-refractivity contribution < 1.29 is 14.4 Å². The standard InChI is InChI=1S/C31H29N9O3/c1-3-20-8-12-27(40-18-32-37-38-40)22(16-20)9-13-28(42)39-15-14-21-6-4-5-7-24(21)29(39)31(43)34-23-10-11-26-25(17-23)30(36-35-26)33-19(2)41/h4-13,16-18,29H,3,14-15H2,1-2H3,(H,34,43)(H2,33,35,36,41)/b13-9+/t29-/m0/s1. The van der Waals surface area contributed by atoms with Gasteiger partial charge >= 0.3 is 0 Å². The van der Waals surface area contributed by atoms with Crippen LogP contribution in [0.15, 0.2) is 73.1 Å². The van der Waals surface area contributed by atoms with E-state index in [-0.39, 0.29) is 17.7 Å². The van der Waals surface area contributed by atoms with Gasteiger partial charge in [0.1, 0.15) is 12.4 Å². The number of nitrogens with zero attached hydrogens (tertiary/aromatic N) is 6. The zero-order valence-electron chi connectivity index (χ0n) is 23.6. The Morgan fingerprint density at radius 3 is 2.72 bits per heavy atom. The van der Waals surface area contributed by atoms with Crippen LogP contribution in [0.25, 0.3) is 22.7 Å². The van der Waals surface area contributed by atoms with Crippen LogP contribution in [0.2, 0.25) is 0 Å². The van der Waals surface area contributed by atoms with Gasteiger partial charge in [0.25, 0.3) is 5.91 Å². The smallest absolute Gasteiger partial charge is 0.251 e. The van der Waals surface area contributed by atoms with Gasteiger partial charge in [0.2, 0.25) is 11.8 Å². The summed E-state index contributed by atoms with van der Waals surface area (Å²) in [5.74, 6) is -0.523. The number of hydrogen-bond donors (Lipinski definition) is 3. The topological polar surface area (TPSA) is 151 Å². The number of aromatic nitrogens is 6. The average molecular weight is 576 g/mol. The van der Waals surface area contributed by atoms with Gasteiger partial charge in [0, 0.05) is 36.2 Å². The van der Waals surface area contributed by atoms with Gasteiger partial charge in [-0.3, -0.25) is 19.5 Å². The van der Waals surface area contributed by atoms with Gasteiger partial charge in [-0.25, -0.2) is 0 Å². The van der Waals surface area contributed by atoms with Crippen molar-refractivity contribution in [1.82, 2.24) is 35.3 Å². The Hall–Kier alpha value is -5.65. The van der Waals surface area contributed by atoms with Gasteiger partial charge in [0.05, 0.1) is 11.2 Å². The zero-order chi connectivity index (χ0) is 29.9. The van der Waals surface area contributed by atoms with E-state index in [4.69, 9.17) is 0 Å². The number of benzene rings is 3. The van der Waals surface area contributed by atoms with Crippen molar-refractivity contribution in [3.63, 3.8) is 0 Å². The fraction of sp³-hybridized carbons (Fsp3) is 0.194. The Balaban J connectivity index is 1.30. The van der Waals surface area contributed by atoms with E-state index in [0.717, 1.165) is 34.4 Å². The summed E-state index contributed by atoms with van der Waals surface area (Å²) in [5, 5.41) is 24.8. The summed E-state index contributed by atoms with van der Waals surface area (Å²) in [6.45, 7) is 3.84. The molecule has 0 fully saturated rings. The highest BCUT2D eigenvalue weighted by Crippen LogP contribution is 2.32. The number of anilines is 2. The summed E-state index contributed by atoms with van der Waals surface area (Å²) in [4.78, 5) is 40.8. The predicted octanol–water partition coefficient (Wildman–Crippen LogP) is 3.84. The van der Waals surface area contributed by atoms with Gasteiger partial charge in [-0.2, -0.15) is 9.78 Å². The Labute approximate surface area is 246 Å². The number of fused-ring (bicyclic) bond motifs is 2. The molecule has 0 spiro atoms. The minimum absolute atomic E-state index is 0.254. The van der Waals surface area contributed by atoms with Gasteiger partial charge in [-0.15, -0.1) is 5.10 Å². The third-order valence-electron chi connectivity index (χ3n) is 7.44. The van der Waals surface area contributed by atoms with Crippen LogP contribution in [-0.4, -0.2) is 59.6 Å². The van der Waals surface area contributed by atoms with Crippen molar-refractivity contribution in [2.24, 2.45) is 0 Å². The number of H-pyrrole nitrogens is 1. The fourth-order valence-corrected chi connectivity index (χ4v) is 5.35. The third kappa shape index (κ3) is 5.62. The number of rotatable bonds is 7. The number of hydrogen-bond acceptors (Lipinski definition) is 7. The highest BCUT2D eigenvalue weighted by atomic mass is 16.2. The summed E-state index contributed by atoms with van der Waals surface area (Å²) in [6.07, 6.45) is 6.19. The Morgan fingerprint density at radius 1 is 1.07 bits per heavy atom. The number of amides is 3. The molecule has 0 radical (unpaired) electrons. The van der Waals surface area contributed by atoms with E-state index in [9.17, 15) is 14.4 Å². The number of carbonyl (C=O) groups excluding carboxylic acids is 3. The second-order valence-electron chi connectivity index (χ2n) is 10.2. The molecule has 0 unspecified atom stereocenters. The molecule has 0 aliphatic carbocycles. The van der Waals surface area contributed by atoms with Crippen molar-refractivity contribution in [2.75, 3.05) is 17.2 Å². The monoisotopic (exact) mass is 575 g/mol. The van der Waals surface area contributed by atoms with Crippen LogP contribution in [0.1, 0.15) is 42.1 Å². The van der Waals surface area contributed by atoms with Crippen molar-refractivity contribution >= 4 is 46.2 Å². The second kappa shape index (κ2) is 11.7.